The summed E-state index contributed by atoms with van der Waals surface area (Å²) in [6.07, 6.45) is 3.95. The van der Waals surface area contributed by atoms with Gasteiger partial charge in [0.1, 0.15) is 12.4 Å². The lowest BCUT2D eigenvalue weighted by molar-refractivity contribution is 0.145. The molecular weight excluding hydrogens is 250 g/mol. The van der Waals surface area contributed by atoms with Crippen molar-refractivity contribution in [3.05, 3.63) is 29.8 Å². The highest BCUT2D eigenvalue weighted by molar-refractivity contribution is 5.36. The van der Waals surface area contributed by atoms with Crippen molar-refractivity contribution >= 4 is 0 Å². The molecule has 1 aromatic rings. The average molecular weight is 277 g/mol. The third kappa shape index (κ3) is 3.74. The molecule has 1 saturated carbocycles. The van der Waals surface area contributed by atoms with E-state index in [-0.39, 0.29) is 0 Å². The summed E-state index contributed by atoms with van der Waals surface area (Å²) < 4.78 is 10.9. The average Bonchev–Trinajstić information content (AvgIpc) is 2.88. The zero-order valence-electron chi connectivity index (χ0n) is 12.9. The molecule has 1 N–H and O–H groups in total. The number of hydrogen-bond acceptors (Lipinski definition) is 3. The number of hydrogen-bond donors (Lipinski definition) is 1. The lowest BCUT2D eigenvalue weighted by atomic mass is 9.90. The summed E-state index contributed by atoms with van der Waals surface area (Å²) in [5.41, 5.74) is 1.28. The third-order valence-electron chi connectivity index (χ3n) is 4.32. The van der Waals surface area contributed by atoms with Crippen LogP contribution in [-0.4, -0.2) is 27.4 Å². The molecule has 0 amide bonds. The Hall–Kier alpha value is -1.06. The number of para-hydroxylation sites is 1. The molecule has 1 fully saturated rings. The molecule has 2 rings (SSSR count). The molecule has 1 aromatic carbocycles. The van der Waals surface area contributed by atoms with Crippen LogP contribution in [0.15, 0.2) is 24.3 Å². The van der Waals surface area contributed by atoms with E-state index in [1.165, 1.54) is 24.8 Å². The molecule has 3 atom stereocenters. The molecule has 3 nitrogen and oxygen atoms in total. The minimum atomic E-state index is 0.388. The maximum absolute atomic E-state index is 5.88. The second-order valence-corrected chi connectivity index (χ2v) is 5.82. The molecule has 0 aliphatic heterocycles. The van der Waals surface area contributed by atoms with Gasteiger partial charge in [0.05, 0.1) is 6.61 Å². The summed E-state index contributed by atoms with van der Waals surface area (Å²) >= 11 is 0. The van der Waals surface area contributed by atoms with E-state index >= 15 is 0 Å². The van der Waals surface area contributed by atoms with Gasteiger partial charge in [0.15, 0.2) is 0 Å². The highest BCUT2D eigenvalue weighted by Gasteiger charge is 2.30. The third-order valence-corrected chi connectivity index (χ3v) is 4.32. The van der Waals surface area contributed by atoms with Gasteiger partial charge in [0, 0.05) is 18.7 Å². The van der Waals surface area contributed by atoms with E-state index in [2.05, 4.69) is 37.5 Å². The van der Waals surface area contributed by atoms with E-state index in [1.807, 2.05) is 6.07 Å². The van der Waals surface area contributed by atoms with Gasteiger partial charge in [-0.15, -0.1) is 0 Å². The van der Waals surface area contributed by atoms with Gasteiger partial charge in [-0.3, -0.25) is 0 Å². The molecule has 3 heteroatoms. The fraction of sp³-hybridized carbons (Fsp3) is 0.647. The van der Waals surface area contributed by atoms with Crippen LogP contribution >= 0.6 is 0 Å². The van der Waals surface area contributed by atoms with Gasteiger partial charge in [-0.25, -0.2) is 0 Å². The van der Waals surface area contributed by atoms with Gasteiger partial charge >= 0.3 is 0 Å². The minimum Gasteiger partial charge on any atom is -0.491 e. The first kappa shape index (κ1) is 15.3. The molecule has 0 saturated heterocycles. The Morgan fingerprint density at radius 3 is 2.70 bits per heavy atom. The Kier molecular flexibility index (Phi) is 5.86. The van der Waals surface area contributed by atoms with Gasteiger partial charge in [-0.05, 0) is 37.8 Å². The van der Waals surface area contributed by atoms with Crippen LogP contribution in [0.25, 0.3) is 0 Å². The first-order chi connectivity index (χ1) is 9.76. The van der Waals surface area contributed by atoms with Gasteiger partial charge in [-0.1, -0.05) is 31.5 Å². The summed E-state index contributed by atoms with van der Waals surface area (Å²) in [6, 6.07) is 8.77. The predicted molar refractivity (Wildman–Crippen MR) is 82.1 cm³/mol. The maximum Gasteiger partial charge on any atom is 0.124 e. The van der Waals surface area contributed by atoms with Crippen LogP contribution < -0.4 is 10.1 Å². The molecule has 0 radical (unpaired) electrons. The zero-order valence-corrected chi connectivity index (χ0v) is 12.9. The maximum atomic E-state index is 5.88. The molecule has 1 aliphatic rings. The molecule has 0 aromatic heterocycles. The first-order valence-corrected chi connectivity index (χ1v) is 7.64. The Labute approximate surface area is 122 Å². The molecule has 1 aliphatic carbocycles. The van der Waals surface area contributed by atoms with Gasteiger partial charge in [0.2, 0.25) is 0 Å². The van der Waals surface area contributed by atoms with Crippen LogP contribution in [0.1, 0.15) is 37.8 Å². The van der Waals surface area contributed by atoms with Crippen molar-refractivity contribution in [1.82, 2.24) is 5.32 Å². The number of methoxy groups -OCH3 is 1. The topological polar surface area (TPSA) is 30.5 Å². The first-order valence-electron chi connectivity index (χ1n) is 7.64. The summed E-state index contributed by atoms with van der Waals surface area (Å²) in [6.45, 7) is 3.58. The van der Waals surface area contributed by atoms with Crippen molar-refractivity contribution in [3.63, 3.8) is 0 Å². The normalized spacial score (nSPS) is 23.8. The van der Waals surface area contributed by atoms with E-state index in [4.69, 9.17) is 9.47 Å². The van der Waals surface area contributed by atoms with Crippen LogP contribution in [0.4, 0.5) is 0 Å². The molecule has 0 heterocycles. The number of ether oxygens (including phenoxy) is 2. The second-order valence-electron chi connectivity index (χ2n) is 5.82. The highest BCUT2D eigenvalue weighted by Crippen LogP contribution is 2.41. The van der Waals surface area contributed by atoms with Crippen molar-refractivity contribution in [3.8, 4) is 5.75 Å². The second kappa shape index (κ2) is 7.65. The van der Waals surface area contributed by atoms with E-state index in [0.717, 1.165) is 11.7 Å². The summed E-state index contributed by atoms with van der Waals surface area (Å²) in [5.74, 6) is 2.54. The SMILES string of the molecule is CNC(c1ccccc1OCCOC)C1CCC(C)C1. The lowest BCUT2D eigenvalue weighted by Gasteiger charge is -2.25. The summed E-state index contributed by atoms with van der Waals surface area (Å²) in [4.78, 5) is 0. The molecule has 0 bridgehead atoms. The standard InChI is InChI=1S/C17H27NO2/c1-13-8-9-14(12-13)17(18-2)15-6-4-5-7-16(15)20-11-10-19-3/h4-7,13-14,17-18H,8-12H2,1-3H3. The van der Waals surface area contributed by atoms with Crippen molar-refractivity contribution in [2.24, 2.45) is 11.8 Å². The number of nitrogens with one attached hydrogen (secondary N) is 1. The molecule has 112 valence electrons. The van der Waals surface area contributed by atoms with Crippen LogP contribution in [0, 0.1) is 11.8 Å². The predicted octanol–water partition coefficient (Wildman–Crippen LogP) is 3.41. The van der Waals surface area contributed by atoms with Crippen molar-refractivity contribution in [1.29, 1.82) is 0 Å². The number of benzene rings is 1. The van der Waals surface area contributed by atoms with Gasteiger partial charge in [0.25, 0.3) is 0 Å². The molecule has 20 heavy (non-hydrogen) atoms. The van der Waals surface area contributed by atoms with Crippen molar-refractivity contribution in [2.45, 2.75) is 32.2 Å². The Morgan fingerprint density at radius 1 is 1.25 bits per heavy atom. The zero-order chi connectivity index (χ0) is 14.4. The van der Waals surface area contributed by atoms with Crippen molar-refractivity contribution in [2.75, 3.05) is 27.4 Å². The lowest BCUT2D eigenvalue weighted by Crippen LogP contribution is -2.24. The minimum absolute atomic E-state index is 0.388. The van der Waals surface area contributed by atoms with E-state index in [1.54, 1.807) is 7.11 Å². The van der Waals surface area contributed by atoms with E-state index in [0.29, 0.717) is 25.2 Å². The van der Waals surface area contributed by atoms with Crippen LogP contribution in [0.5, 0.6) is 5.75 Å². The monoisotopic (exact) mass is 277 g/mol. The van der Waals surface area contributed by atoms with Crippen molar-refractivity contribution < 1.29 is 9.47 Å². The largest absolute Gasteiger partial charge is 0.491 e. The van der Waals surface area contributed by atoms with Crippen LogP contribution in [0.2, 0.25) is 0 Å². The Bertz CT molecular complexity index is 408. The van der Waals surface area contributed by atoms with Crippen LogP contribution in [0.3, 0.4) is 0 Å². The van der Waals surface area contributed by atoms with E-state index in [9.17, 15) is 0 Å². The summed E-state index contributed by atoms with van der Waals surface area (Å²) in [7, 11) is 3.76. The highest BCUT2D eigenvalue weighted by atomic mass is 16.5. The summed E-state index contributed by atoms with van der Waals surface area (Å²) in [5, 5.41) is 3.50. The molecular formula is C17H27NO2. The fourth-order valence-electron chi connectivity index (χ4n) is 3.30. The van der Waals surface area contributed by atoms with E-state index < -0.39 is 0 Å². The Balaban J connectivity index is 2.12. The molecule has 0 spiro atoms. The van der Waals surface area contributed by atoms with Gasteiger partial charge in [-0.2, -0.15) is 0 Å². The quantitative estimate of drug-likeness (QED) is 0.775. The smallest absolute Gasteiger partial charge is 0.124 e. The number of rotatable bonds is 7. The molecule has 3 unspecified atom stereocenters. The van der Waals surface area contributed by atoms with Gasteiger partial charge < -0.3 is 14.8 Å². The van der Waals surface area contributed by atoms with Crippen LogP contribution in [-0.2, 0) is 4.74 Å². The fourth-order valence-corrected chi connectivity index (χ4v) is 3.30. The Morgan fingerprint density at radius 2 is 2.05 bits per heavy atom.